The first-order valence-corrected chi connectivity index (χ1v) is 7.63. The summed E-state index contributed by atoms with van der Waals surface area (Å²) >= 11 is 0. The second-order valence-corrected chi connectivity index (χ2v) is 5.75. The number of aromatic nitrogens is 2. The SMILES string of the molecule is COc1cccc(N2C[C@H](c3nc4ccccc4[nH]3)CC2=O)c1. The van der Waals surface area contributed by atoms with Crippen LogP contribution in [-0.2, 0) is 4.79 Å². The second-order valence-electron chi connectivity index (χ2n) is 5.75. The van der Waals surface area contributed by atoms with Gasteiger partial charge in [0.05, 0.1) is 18.1 Å². The Morgan fingerprint density at radius 3 is 2.91 bits per heavy atom. The summed E-state index contributed by atoms with van der Waals surface area (Å²) in [5.41, 5.74) is 2.82. The van der Waals surface area contributed by atoms with Crippen LogP contribution in [0.4, 0.5) is 5.69 Å². The highest BCUT2D eigenvalue weighted by Gasteiger charge is 2.33. The Morgan fingerprint density at radius 2 is 2.09 bits per heavy atom. The lowest BCUT2D eigenvalue weighted by molar-refractivity contribution is -0.117. The Labute approximate surface area is 133 Å². The Bertz CT molecular complexity index is 838. The fourth-order valence-electron chi connectivity index (χ4n) is 3.08. The van der Waals surface area contributed by atoms with Crippen molar-refractivity contribution in [2.75, 3.05) is 18.6 Å². The molecule has 4 rings (SSSR count). The molecule has 5 nitrogen and oxygen atoms in total. The zero-order valence-electron chi connectivity index (χ0n) is 12.8. The summed E-state index contributed by atoms with van der Waals surface area (Å²) in [7, 11) is 1.63. The van der Waals surface area contributed by atoms with Gasteiger partial charge in [-0.1, -0.05) is 18.2 Å². The molecule has 2 heterocycles. The number of aromatic amines is 1. The van der Waals surface area contributed by atoms with Crippen LogP contribution in [0.15, 0.2) is 48.5 Å². The molecule has 1 aromatic heterocycles. The molecule has 1 N–H and O–H groups in total. The molecule has 2 aromatic carbocycles. The van der Waals surface area contributed by atoms with Crippen LogP contribution >= 0.6 is 0 Å². The van der Waals surface area contributed by atoms with Crippen LogP contribution in [0, 0.1) is 0 Å². The minimum atomic E-state index is 0.0844. The van der Waals surface area contributed by atoms with E-state index in [4.69, 9.17) is 4.74 Å². The molecule has 1 amide bonds. The van der Waals surface area contributed by atoms with Crippen molar-refractivity contribution in [2.45, 2.75) is 12.3 Å². The second kappa shape index (κ2) is 5.43. The van der Waals surface area contributed by atoms with Gasteiger partial charge in [0.15, 0.2) is 0 Å². The number of para-hydroxylation sites is 2. The van der Waals surface area contributed by atoms with Crippen molar-refractivity contribution in [3.05, 3.63) is 54.4 Å². The standard InChI is InChI=1S/C18H17N3O2/c1-23-14-6-4-5-13(10-14)21-11-12(9-17(21)22)18-19-15-7-2-3-8-16(15)20-18/h2-8,10,12H,9,11H2,1H3,(H,19,20)/t12-/m1/s1. The number of amides is 1. The Hall–Kier alpha value is -2.82. The van der Waals surface area contributed by atoms with Crippen LogP contribution in [0.25, 0.3) is 11.0 Å². The average Bonchev–Trinajstić information content (AvgIpc) is 3.18. The Morgan fingerprint density at radius 1 is 1.22 bits per heavy atom. The highest BCUT2D eigenvalue weighted by Crippen LogP contribution is 2.32. The average molecular weight is 307 g/mol. The first-order chi connectivity index (χ1) is 11.2. The van der Waals surface area contributed by atoms with Gasteiger partial charge < -0.3 is 14.6 Å². The number of anilines is 1. The number of nitrogens with one attached hydrogen (secondary N) is 1. The van der Waals surface area contributed by atoms with Crippen molar-refractivity contribution in [3.63, 3.8) is 0 Å². The van der Waals surface area contributed by atoms with E-state index in [2.05, 4.69) is 9.97 Å². The van der Waals surface area contributed by atoms with Crippen molar-refractivity contribution in [3.8, 4) is 5.75 Å². The molecule has 5 heteroatoms. The van der Waals surface area contributed by atoms with Crippen LogP contribution in [0.3, 0.4) is 0 Å². The molecule has 0 radical (unpaired) electrons. The van der Waals surface area contributed by atoms with Gasteiger partial charge in [0, 0.05) is 30.6 Å². The highest BCUT2D eigenvalue weighted by atomic mass is 16.5. The van der Waals surface area contributed by atoms with Crippen LogP contribution < -0.4 is 9.64 Å². The predicted octanol–water partition coefficient (Wildman–Crippen LogP) is 3.09. The number of hydrogen-bond acceptors (Lipinski definition) is 3. The minimum Gasteiger partial charge on any atom is -0.497 e. The van der Waals surface area contributed by atoms with E-state index in [9.17, 15) is 4.79 Å². The summed E-state index contributed by atoms with van der Waals surface area (Å²) in [6.45, 7) is 0.631. The zero-order valence-corrected chi connectivity index (χ0v) is 12.8. The molecule has 1 aliphatic rings. The van der Waals surface area contributed by atoms with Crippen molar-refractivity contribution in [2.24, 2.45) is 0 Å². The molecule has 1 atom stereocenters. The van der Waals surface area contributed by atoms with Gasteiger partial charge in [-0.3, -0.25) is 4.79 Å². The lowest BCUT2D eigenvalue weighted by Gasteiger charge is -2.17. The van der Waals surface area contributed by atoms with E-state index in [1.54, 1.807) is 12.0 Å². The van der Waals surface area contributed by atoms with Gasteiger partial charge in [-0.2, -0.15) is 0 Å². The van der Waals surface area contributed by atoms with Crippen LogP contribution in [-0.4, -0.2) is 29.5 Å². The first kappa shape index (κ1) is 13.8. The Kier molecular flexibility index (Phi) is 3.26. The topological polar surface area (TPSA) is 58.2 Å². The van der Waals surface area contributed by atoms with Gasteiger partial charge in [0.1, 0.15) is 11.6 Å². The van der Waals surface area contributed by atoms with Gasteiger partial charge in [-0.25, -0.2) is 4.98 Å². The van der Waals surface area contributed by atoms with Gasteiger partial charge in [0.25, 0.3) is 0 Å². The molecule has 1 fully saturated rings. The number of carbonyl (C=O) groups excluding carboxylic acids is 1. The summed E-state index contributed by atoms with van der Waals surface area (Å²) in [5, 5.41) is 0. The molecule has 1 saturated heterocycles. The van der Waals surface area contributed by atoms with Crippen molar-refractivity contribution in [1.29, 1.82) is 0 Å². The lowest BCUT2D eigenvalue weighted by Crippen LogP contribution is -2.24. The smallest absolute Gasteiger partial charge is 0.227 e. The number of hydrogen-bond donors (Lipinski definition) is 1. The molecule has 116 valence electrons. The number of imidazole rings is 1. The molecule has 0 bridgehead atoms. The highest BCUT2D eigenvalue weighted by molar-refractivity contribution is 5.96. The summed E-state index contributed by atoms with van der Waals surface area (Å²) in [5.74, 6) is 1.83. The van der Waals surface area contributed by atoms with Gasteiger partial charge >= 0.3 is 0 Å². The summed E-state index contributed by atoms with van der Waals surface area (Å²) < 4.78 is 5.24. The molecule has 3 aromatic rings. The third-order valence-electron chi connectivity index (χ3n) is 4.28. The maximum absolute atomic E-state index is 12.4. The fourth-order valence-corrected chi connectivity index (χ4v) is 3.08. The zero-order chi connectivity index (χ0) is 15.8. The maximum Gasteiger partial charge on any atom is 0.227 e. The number of ether oxygens (including phenoxy) is 1. The summed E-state index contributed by atoms with van der Waals surface area (Å²) in [6, 6.07) is 15.5. The number of carbonyl (C=O) groups is 1. The van der Waals surface area contributed by atoms with Gasteiger partial charge in [-0.15, -0.1) is 0 Å². The third-order valence-corrected chi connectivity index (χ3v) is 4.28. The minimum absolute atomic E-state index is 0.0844. The quantitative estimate of drug-likeness (QED) is 0.809. The summed E-state index contributed by atoms with van der Waals surface area (Å²) in [4.78, 5) is 22.2. The van der Waals surface area contributed by atoms with Crippen LogP contribution in [0.2, 0.25) is 0 Å². The Balaban J connectivity index is 1.62. The number of methoxy groups -OCH3 is 1. The molecular formula is C18H17N3O2. The number of benzene rings is 2. The fraction of sp³-hybridized carbons (Fsp3) is 0.222. The van der Waals surface area contributed by atoms with E-state index >= 15 is 0 Å². The van der Waals surface area contributed by atoms with E-state index in [-0.39, 0.29) is 11.8 Å². The van der Waals surface area contributed by atoms with E-state index in [1.165, 1.54) is 0 Å². The summed E-state index contributed by atoms with van der Waals surface area (Å²) in [6.07, 6.45) is 0.469. The molecule has 0 unspecified atom stereocenters. The maximum atomic E-state index is 12.4. The van der Waals surface area contributed by atoms with E-state index in [0.717, 1.165) is 28.3 Å². The van der Waals surface area contributed by atoms with E-state index in [1.807, 2.05) is 48.5 Å². The number of nitrogens with zero attached hydrogens (tertiary/aromatic N) is 2. The van der Waals surface area contributed by atoms with Gasteiger partial charge in [-0.05, 0) is 24.3 Å². The normalized spacial score (nSPS) is 17.9. The largest absolute Gasteiger partial charge is 0.497 e. The van der Waals surface area contributed by atoms with E-state index in [0.29, 0.717) is 13.0 Å². The predicted molar refractivity (Wildman–Crippen MR) is 88.8 cm³/mol. The first-order valence-electron chi connectivity index (χ1n) is 7.63. The van der Waals surface area contributed by atoms with Crippen molar-refractivity contribution in [1.82, 2.24) is 9.97 Å². The van der Waals surface area contributed by atoms with Gasteiger partial charge in [0.2, 0.25) is 5.91 Å². The van der Waals surface area contributed by atoms with E-state index < -0.39 is 0 Å². The molecule has 0 saturated carbocycles. The molecular weight excluding hydrogens is 290 g/mol. The van der Waals surface area contributed by atoms with Crippen LogP contribution in [0.1, 0.15) is 18.2 Å². The lowest BCUT2D eigenvalue weighted by atomic mass is 10.1. The van der Waals surface area contributed by atoms with Crippen LogP contribution in [0.5, 0.6) is 5.75 Å². The molecule has 1 aliphatic heterocycles. The van der Waals surface area contributed by atoms with Crippen molar-refractivity contribution >= 4 is 22.6 Å². The number of rotatable bonds is 3. The molecule has 23 heavy (non-hydrogen) atoms. The molecule has 0 spiro atoms. The third kappa shape index (κ3) is 2.44. The monoisotopic (exact) mass is 307 g/mol. The number of H-pyrrole nitrogens is 1. The van der Waals surface area contributed by atoms with Crippen molar-refractivity contribution < 1.29 is 9.53 Å². The number of fused-ring (bicyclic) bond motifs is 1. The molecule has 0 aliphatic carbocycles.